The maximum atomic E-state index is 14.4. The predicted octanol–water partition coefficient (Wildman–Crippen LogP) is 5.60. The van der Waals surface area contributed by atoms with E-state index in [-0.39, 0.29) is 28.7 Å². The smallest absolute Gasteiger partial charge is 0.297 e. The number of thiazole rings is 1. The molecule has 6 aromatic rings. The van der Waals surface area contributed by atoms with Gasteiger partial charge >= 0.3 is 0 Å². The van der Waals surface area contributed by atoms with E-state index < -0.39 is 35.2 Å². The zero-order valence-electron chi connectivity index (χ0n) is 25.2. The molecule has 242 valence electrons. The number of hydrogen-bond donors (Lipinski definition) is 2. The van der Waals surface area contributed by atoms with Gasteiger partial charge in [0.05, 0.1) is 33.4 Å². The summed E-state index contributed by atoms with van der Waals surface area (Å²) in [6, 6.07) is 16.2. The molecule has 0 spiro atoms. The number of nitrogens with zero attached hydrogens (tertiary/aromatic N) is 5. The van der Waals surface area contributed by atoms with Crippen molar-refractivity contribution in [1.29, 1.82) is 0 Å². The molecule has 1 atom stereocenters. The Kier molecular flexibility index (Phi) is 9.13. The van der Waals surface area contributed by atoms with Crippen LogP contribution in [0.1, 0.15) is 21.5 Å². The Bertz CT molecular complexity index is 2140. The normalized spacial score (nSPS) is 12.3. The second kappa shape index (κ2) is 13.4. The molecule has 1 unspecified atom stereocenters. The maximum absolute atomic E-state index is 14.4. The van der Waals surface area contributed by atoms with Crippen molar-refractivity contribution in [1.82, 2.24) is 24.7 Å². The maximum Gasteiger partial charge on any atom is 0.297 e. The van der Waals surface area contributed by atoms with E-state index in [9.17, 15) is 17.9 Å². The fourth-order valence-electron chi connectivity index (χ4n) is 4.72. The minimum absolute atomic E-state index is 0.00678. The molecule has 3 aromatic carbocycles. The summed E-state index contributed by atoms with van der Waals surface area (Å²) in [5.74, 6) is 0.592. The van der Waals surface area contributed by atoms with Gasteiger partial charge in [0.15, 0.2) is 5.65 Å². The molecule has 0 aliphatic carbocycles. The zero-order chi connectivity index (χ0) is 33.1. The predicted molar refractivity (Wildman–Crippen MR) is 173 cm³/mol. The SMILES string of the molecule is Cc1ccc(S(=O)(=O)OCC(CO)n2nc(-c3ccc(Oc4cc(F)cc(OCc5cnc(C)s5)c4)cc3)c3c(N)ncnc32)cc1. The van der Waals surface area contributed by atoms with Gasteiger partial charge in [0, 0.05) is 30.0 Å². The van der Waals surface area contributed by atoms with E-state index in [1.165, 1.54) is 46.6 Å². The lowest BCUT2D eigenvalue weighted by molar-refractivity contribution is 0.164. The molecule has 12 nitrogen and oxygen atoms in total. The number of benzene rings is 3. The minimum atomic E-state index is -4.11. The lowest BCUT2D eigenvalue weighted by Gasteiger charge is -2.16. The number of anilines is 1. The van der Waals surface area contributed by atoms with Gasteiger partial charge in [-0.05, 0) is 50.2 Å². The standard InChI is InChI=1S/C32H29FN6O6S2/c1-19-3-9-28(10-4-19)47(41,42)44-16-23(15-40)39-32-29(31(34)36-18-37-32)30(38-39)21-5-7-24(8-6-21)45-26-12-22(33)11-25(13-26)43-17-27-14-35-20(2)46-27/h3-14,18,23,40H,15-17H2,1-2H3,(H2,34,36,37). The second-order valence-corrected chi connectivity index (χ2v) is 13.5. The number of ether oxygens (including phenoxy) is 2. The Hall–Kier alpha value is -4.96. The topological polar surface area (TPSA) is 165 Å². The first-order valence-corrected chi connectivity index (χ1v) is 16.5. The summed E-state index contributed by atoms with van der Waals surface area (Å²) in [6.07, 6.45) is 2.98. The Morgan fingerprint density at radius 1 is 0.979 bits per heavy atom. The first kappa shape index (κ1) is 32.0. The Morgan fingerprint density at radius 3 is 2.43 bits per heavy atom. The zero-order valence-corrected chi connectivity index (χ0v) is 26.8. The lowest BCUT2D eigenvalue weighted by atomic mass is 10.1. The molecule has 15 heteroatoms. The number of aliphatic hydroxyl groups excluding tert-OH is 1. The van der Waals surface area contributed by atoms with Crippen LogP contribution in [0.4, 0.5) is 10.2 Å². The van der Waals surface area contributed by atoms with Crippen molar-refractivity contribution in [3.8, 4) is 28.5 Å². The minimum Gasteiger partial charge on any atom is -0.488 e. The Labute approximate surface area is 273 Å². The molecule has 0 bridgehead atoms. The van der Waals surface area contributed by atoms with Crippen molar-refractivity contribution in [2.24, 2.45) is 0 Å². The number of fused-ring (bicyclic) bond motifs is 1. The van der Waals surface area contributed by atoms with E-state index in [1.807, 2.05) is 13.8 Å². The van der Waals surface area contributed by atoms with Gasteiger partial charge in [-0.15, -0.1) is 11.3 Å². The quantitative estimate of drug-likeness (QED) is 0.155. The molecule has 0 aliphatic rings. The Morgan fingerprint density at radius 2 is 1.72 bits per heavy atom. The fourth-order valence-corrected chi connectivity index (χ4v) is 6.37. The highest BCUT2D eigenvalue weighted by Crippen LogP contribution is 2.34. The van der Waals surface area contributed by atoms with Crippen molar-refractivity contribution in [3.63, 3.8) is 0 Å². The summed E-state index contributed by atoms with van der Waals surface area (Å²) < 4.78 is 58.3. The molecule has 47 heavy (non-hydrogen) atoms. The van der Waals surface area contributed by atoms with E-state index in [0.717, 1.165) is 15.4 Å². The monoisotopic (exact) mass is 676 g/mol. The van der Waals surface area contributed by atoms with Gasteiger partial charge in [-0.25, -0.2) is 24.0 Å². The third-order valence-corrected chi connectivity index (χ3v) is 9.24. The summed E-state index contributed by atoms with van der Waals surface area (Å²) in [6.45, 7) is 3.08. The van der Waals surface area contributed by atoms with Crippen LogP contribution in [0.25, 0.3) is 22.3 Å². The average molecular weight is 677 g/mol. The summed E-state index contributed by atoms with van der Waals surface area (Å²) in [5, 5.41) is 16.2. The highest BCUT2D eigenvalue weighted by molar-refractivity contribution is 7.86. The number of halogens is 1. The van der Waals surface area contributed by atoms with Crippen LogP contribution in [0.2, 0.25) is 0 Å². The van der Waals surface area contributed by atoms with Gasteiger partial charge in [0.25, 0.3) is 10.1 Å². The number of aromatic nitrogens is 5. The van der Waals surface area contributed by atoms with Gasteiger partial charge in [-0.3, -0.25) is 4.18 Å². The summed E-state index contributed by atoms with van der Waals surface area (Å²) in [4.78, 5) is 13.5. The van der Waals surface area contributed by atoms with E-state index in [4.69, 9.17) is 19.4 Å². The van der Waals surface area contributed by atoms with Crippen LogP contribution >= 0.6 is 11.3 Å². The van der Waals surface area contributed by atoms with E-state index >= 15 is 0 Å². The Balaban J connectivity index is 1.22. The van der Waals surface area contributed by atoms with Crippen LogP contribution in [0.5, 0.6) is 17.2 Å². The van der Waals surface area contributed by atoms with Gasteiger partial charge in [-0.1, -0.05) is 17.7 Å². The van der Waals surface area contributed by atoms with Crippen LogP contribution in [-0.2, 0) is 20.9 Å². The van der Waals surface area contributed by atoms with Crippen molar-refractivity contribution < 1.29 is 31.6 Å². The highest BCUT2D eigenvalue weighted by atomic mass is 32.2. The molecule has 3 N–H and O–H groups in total. The number of rotatable bonds is 12. The second-order valence-electron chi connectivity index (χ2n) is 10.5. The number of aliphatic hydroxyl groups is 1. The van der Waals surface area contributed by atoms with Crippen molar-refractivity contribution in [3.05, 3.63) is 101 Å². The van der Waals surface area contributed by atoms with E-state index in [1.54, 1.807) is 48.7 Å². The third kappa shape index (κ3) is 7.23. The molecular formula is C32H29FN6O6S2. The van der Waals surface area contributed by atoms with Gasteiger partial charge in [0.1, 0.15) is 53.6 Å². The van der Waals surface area contributed by atoms with Crippen molar-refractivity contribution in [2.75, 3.05) is 18.9 Å². The lowest BCUT2D eigenvalue weighted by Crippen LogP contribution is -2.23. The van der Waals surface area contributed by atoms with Gasteiger partial charge in [-0.2, -0.15) is 13.5 Å². The molecule has 0 saturated heterocycles. The highest BCUT2D eigenvalue weighted by Gasteiger charge is 2.25. The first-order chi connectivity index (χ1) is 22.6. The molecule has 0 aliphatic heterocycles. The largest absolute Gasteiger partial charge is 0.488 e. The molecule has 3 aromatic heterocycles. The van der Waals surface area contributed by atoms with Crippen LogP contribution in [0, 0.1) is 19.7 Å². The average Bonchev–Trinajstić information content (AvgIpc) is 3.65. The molecule has 0 amide bonds. The van der Waals surface area contributed by atoms with Crippen molar-refractivity contribution in [2.45, 2.75) is 31.4 Å². The number of hydrogen-bond acceptors (Lipinski definition) is 12. The molecule has 0 saturated carbocycles. The molecular weight excluding hydrogens is 648 g/mol. The van der Waals surface area contributed by atoms with E-state index in [2.05, 4.69) is 20.1 Å². The molecule has 6 rings (SSSR count). The van der Waals surface area contributed by atoms with Crippen LogP contribution in [-0.4, -0.2) is 51.5 Å². The van der Waals surface area contributed by atoms with Gasteiger partial charge < -0.3 is 20.3 Å². The summed E-state index contributed by atoms with van der Waals surface area (Å²) in [7, 11) is -4.11. The molecule has 0 radical (unpaired) electrons. The molecule has 3 heterocycles. The first-order valence-electron chi connectivity index (χ1n) is 14.3. The van der Waals surface area contributed by atoms with Crippen LogP contribution < -0.4 is 15.2 Å². The van der Waals surface area contributed by atoms with Crippen LogP contribution in [0.3, 0.4) is 0 Å². The third-order valence-electron chi connectivity index (χ3n) is 7.06. The van der Waals surface area contributed by atoms with E-state index in [0.29, 0.717) is 28.1 Å². The number of nitrogen functional groups attached to an aromatic ring is 1. The van der Waals surface area contributed by atoms with Crippen molar-refractivity contribution >= 4 is 38.3 Å². The van der Waals surface area contributed by atoms with Gasteiger partial charge in [0.2, 0.25) is 0 Å². The summed E-state index contributed by atoms with van der Waals surface area (Å²) >= 11 is 1.50. The fraction of sp³-hybridized carbons (Fsp3) is 0.188. The number of aryl methyl sites for hydroxylation is 2. The van der Waals surface area contributed by atoms with Crippen LogP contribution in [0.15, 0.2) is 84.1 Å². The molecule has 0 fully saturated rings. The summed E-state index contributed by atoms with van der Waals surface area (Å²) in [5.41, 5.74) is 8.42. The number of nitrogens with two attached hydrogens (primary N) is 1.